The van der Waals surface area contributed by atoms with E-state index in [1.54, 1.807) is 0 Å². The normalized spacial score (nSPS) is 15.3. The lowest BCUT2D eigenvalue weighted by atomic mass is 9.95. The first-order chi connectivity index (χ1) is 6.24. The first-order valence-electron chi connectivity index (χ1n) is 4.64. The van der Waals surface area contributed by atoms with Gasteiger partial charge in [0.2, 0.25) is 0 Å². The molecular weight excluding hydrogens is 162 g/mol. The van der Waals surface area contributed by atoms with Gasteiger partial charge in [-0.1, -0.05) is 37.3 Å². The standard InChI is InChI=1S/C11H17NO/c1-9(11(12)8-13)7-10-5-3-2-4-6-10/h2-6,9,11,13H,7-8,12H2,1H3/t9?,11-/m1/s1. The topological polar surface area (TPSA) is 46.2 Å². The molecule has 0 bridgehead atoms. The zero-order chi connectivity index (χ0) is 9.68. The van der Waals surface area contributed by atoms with Gasteiger partial charge in [-0.15, -0.1) is 0 Å². The summed E-state index contributed by atoms with van der Waals surface area (Å²) in [4.78, 5) is 0. The molecule has 0 aliphatic heterocycles. The van der Waals surface area contributed by atoms with Crippen molar-refractivity contribution in [3.8, 4) is 0 Å². The van der Waals surface area contributed by atoms with Gasteiger partial charge in [0.1, 0.15) is 0 Å². The maximum Gasteiger partial charge on any atom is 0.0585 e. The predicted octanol–water partition coefficient (Wildman–Crippen LogP) is 1.18. The quantitative estimate of drug-likeness (QED) is 0.729. The van der Waals surface area contributed by atoms with Gasteiger partial charge in [-0.3, -0.25) is 0 Å². The molecule has 3 N–H and O–H groups in total. The largest absolute Gasteiger partial charge is 0.395 e. The monoisotopic (exact) mass is 179 g/mol. The van der Waals surface area contributed by atoms with Crippen LogP contribution < -0.4 is 5.73 Å². The van der Waals surface area contributed by atoms with E-state index in [4.69, 9.17) is 10.8 Å². The third kappa shape index (κ3) is 3.17. The summed E-state index contributed by atoms with van der Waals surface area (Å²) in [5.41, 5.74) is 6.99. The van der Waals surface area contributed by atoms with Gasteiger partial charge in [-0.25, -0.2) is 0 Å². The fraction of sp³-hybridized carbons (Fsp3) is 0.455. The molecule has 13 heavy (non-hydrogen) atoms. The second kappa shape index (κ2) is 5.00. The highest BCUT2D eigenvalue weighted by molar-refractivity contribution is 5.15. The SMILES string of the molecule is CC(Cc1ccccc1)[C@H](N)CO. The van der Waals surface area contributed by atoms with Gasteiger partial charge in [0.05, 0.1) is 6.61 Å². The van der Waals surface area contributed by atoms with Gasteiger partial charge in [0.25, 0.3) is 0 Å². The first kappa shape index (κ1) is 10.2. The number of nitrogens with two attached hydrogens (primary N) is 1. The highest BCUT2D eigenvalue weighted by Gasteiger charge is 2.11. The molecule has 0 spiro atoms. The molecule has 0 fully saturated rings. The smallest absolute Gasteiger partial charge is 0.0585 e. The summed E-state index contributed by atoms with van der Waals surface area (Å²) in [5.74, 6) is 0.326. The molecule has 0 radical (unpaired) electrons. The van der Waals surface area contributed by atoms with Gasteiger partial charge in [-0.2, -0.15) is 0 Å². The first-order valence-corrected chi connectivity index (χ1v) is 4.64. The molecule has 72 valence electrons. The van der Waals surface area contributed by atoms with E-state index in [1.807, 2.05) is 18.2 Å². The molecule has 0 aliphatic rings. The molecule has 1 aromatic rings. The van der Waals surface area contributed by atoms with Crippen LogP contribution >= 0.6 is 0 Å². The van der Waals surface area contributed by atoms with Crippen LogP contribution in [0.1, 0.15) is 12.5 Å². The maximum atomic E-state index is 8.86. The Labute approximate surface area is 79.4 Å². The summed E-state index contributed by atoms with van der Waals surface area (Å²) >= 11 is 0. The van der Waals surface area contributed by atoms with Gasteiger partial charge in [-0.05, 0) is 17.9 Å². The molecule has 0 aliphatic carbocycles. The van der Waals surface area contributed by atoms with E-state index >= 15 is 0 Å². The molecule has 1 rings (SSSR count). The summed E-state index contributed by atoms with van der Waals surface area (Å²) in [7, 11) is 0. The number of hydrogen-bond acceptors (Lipinski definition) is 2. The van der Waals surface area contributed by atoms with Crippen molar-refractivity contribution < 1.29 is 5.11 Å². The number of aliphatic hydroxyl groups is 1. The molecule has 2 nitrogen and oxygen atoms in total. The summed E-state index contributed by atoms with van der Waals surface area (Å²) in [6.45, 7) is 2.13. The molecule has 2 atom stereocenters. The van der Waals surface area contributed by atoms with Gasteiger partial charge in [0.15, 0.2) is 0 Å². The summed E-state index contributed by atoms with van der Waals surface area (Å²) in [5, 5.41) is 8.86. The third-order valence-electron chi connectivity index (χ3n) is 2.34. The van der Waals surface area contributed by atoms with Crippen LogP contribution in [0, 0.1) is 5.92 Å². The zero-order valence-corrected chi connectivity index (χ0v) is 7.98. The summed E-state index contributed by atoms with van der Waals surface area (Å²) in [6, 6.07) is 10.1. The van der Waals surface area contributed by atoms with Crippen LogP contribution in [-0.2, 0) is 6.42 Å². The molecule has 2 heteroatoms. The van der Waals surface area contributed by atoms with Crippen LogP contribution in [0.4, 0.5) is 0 Å². The lowest BCUT2D eigenvalue weighted by Crippen LogP contribution is -2.33. The van der Waals surface area contributed by atoms with Crippen molar-refractivity contribution >= 4 is 0 Å². The predicted molar refractivity (Wildman–Crippen MR) is 54.4 cm³/mol. The van der Waals surface area contributed by atoms with Crippen molar-refractivity contribution in [1.82, 2.24) is 0 Å². The van der Waals surface area contributed by atoms with Crippen LogP contribution in [0.25, 0.3) is 0 Å². The molecule has 0 aromatic heterocycles. The minimum absolute atomic E-state index is 0.0635. The summed E-state index contributed by atoms with van der Waals surface area (Å²) < 4.78 is 0. The van der Waals surface area contributed by atoms with Crippen molar-refractivity contribution in [3.05, 3.63) is 35.9 Å². The van der Waals surface area contributed by atoms with Crippen LogP contribution in [-0.4, -0.2) is 17.8 Å². The average Bonchev–Trinajstić information content (AvgIpc) is 2.18. The Balaban J connectivity index is 2.50. The Morgan fingerprint density at radius 3 is 2.46 bits per heavy atom. The van der Waals surface area contributed by atoms with E-state index < -0.39 is 0 Å². The van der Waals surface area contributed by atoms with Gasteiger partial charge >= 0.3 is 0 Å². The van der Waals surface area contributed by atoms with Crippen molar-refractivity contribution in [2.24, 2.45) is 11.7 Å². The van der Waals surface area contributed by atoms with E-state index in [0.29, 0.717) is 5.92 Å². The Bertz CT molecular complexity index is 235. The Morgan fingerprint density at radius 2 is 1.92 bits per heavy atom. The van der Waals surface area contributed by atoms with E-state index in [0.717, 1.165) is 6.42 Å². The highest BCUT2D eigenvalue weighted by atomic mass is 16.3. The molecule has 1 aromatic carbocycles. The second-order valence-corrected chi connectivity index (χ2v) is 3.51. The minimum atomic E-state index is -0.111. The molecule has 0 saturated carbocycles. The number of aliphatic hydroxyl groups excluding tert-OH is 1. The molecule has 0 heterocycles. The Hall–Kier alpha value is -0.860. The van der Waals surface area contributed by atoms with E-state index in [1.165, 1.54) is 5.56 Å². The van der Waals surface area contributed by atoms with E-state index in [2.05, 4.69) is 19.1 Å². The number of rotatable bonds is 4. The average molecular weight is 179 g/mol. The fourth-order valence-electron chi connectivity index (χ4n) is 1.32. The number of hydrogen-bond donors (Lipinski definition) is 2. The molecule has 1 unspecified atom stereocenters. The zero-order valence-electron chi connectivity index (χ0n) is 7.98. The lowest BCUT2D eigenvalue weighted by molar-refractivity contribution is 0.232. The Kier molecular flexibility index (Phi) is 3.93. The lowest BCUT2D eigenvalue weighted by Gasteiger charge is -2.17. The molecular formula is C11H17NO. The van der Waals surface area contributed by atoms with Gasteiger partial charge < -0.3 is 10.8 Å². The van der Waals surface area contributed by atoms with Crippen LogP contribution in [0.5, 0.6) is 0 Å². The van der Waals surface area contributed by atoms with Crippen LogP contribution in [0.3, 0.4) is 0 Å². The minimum Gasteiger partial charge on any atom is -0.395 e. The second-order valence-electron chi connectivity index (χ2n) is 3.51. The number of benzene rings is 1. The third-order valence-corrected chi connectivity index (χ3v) is 2.34. The molecule has 0 saturated heterocycles. The van der Waals surface area contributed by atoms with E-state index in [9.17, 15) is 0 Å². The van der Waals surface area contributed by atoms with Crippen LogP contribution in [0.15, 0.2) is 30.3 Å². The fourth-order valence-corrected chi connectivity index (χ4v) is 1.32. The van der Waals surface area contributed by atoms with Crippen molar-refractivity contribution in [2.45, 2.75) is 19.4 Å². The highest BCUT2D eigenvalue weighted by Crippen LogP contribution is 2.10. The van der Waals surface area contributed by atoms with Crippen LogP contribution in [0.2, 0.25) is 0 Å². The van der Waals surface area contributed by atoms with Crippen molar-refractivity contribution in [3.63, 3.8) is 0 Å². The van der Waals surface area contributed by atoms with Gasteiger partial charge in [0, 0.05) is 6.04 Å². The summed E-state index contributed by atoms with van der Waals surface area (Å²) in [6.07, 6.45) is 0.933. The van der Waals surface area contributed by atoms with E-state index in [-0.39, 0.29) is 12.6 Å². The van der Waals surface area contributed by atoms with Crippen molar-refractivity contribution in [2.75, 3.05) is 6.61 Å². The molecule has 0 amide bonds. The Morgan fingerprint density at radius 1 is 1.31 bits per heavy atom. The van der Waals surface area contributed by atoms with Crippen molar-refractivity contribution in [1.29, 1.82) is 0 Å². The maximum absolute atomic E-state index is 8.86.